The van der Waals surface area contributed by atoms with Gasteiger partial charge in [0.1, 0.15) is 0 Å². The molecule has 0 aromatic heterocycles. The van der Waals surface area contributed by atoms with Crippen LogP contribution in [0.3, 0.4) is 0 Å². The Labute approximate surface area is 142 Å². The van der Waals surface area contributed by atoms with Crippen LogP contribution in [0.5, 0.6) is 0 Å². The summed E-state index contributed by atoms with van der Waals surface area (Å²) in [6.45, 7) is 16.6. The van der Waals surface area contributed by atoms with Crippen LogP contribution < -0.4 is 0 Å². The third-order valence-electron chi connectivity index (χ3n) is 5.24. The zero-order valence-corrected chi connectivity index (χ0v) is 16.7. The smallest absolute Gasteiger partial charge is 0.0182 e. The molecule has 0 saturated heterocycles. The second kappa shape index (κ2) is 13.2. The molecule has 0 aromatic carbocycles. The summed E-state index contributed by atoms with van der Waals surface area (Å²) < 4.78 is 0. The number of rotatable bonds is 13. The van der Waals surface area contributed by atoms with Crippen molar-refractivity contribution in [2.75, 3.05) is 0 Å². The Morgan fingerprint density at radius 2 is 1.45 bits per heavy atom. The highest BCUT2D eigenvalue weighted by Crippen LogP contribution is 2.33. The largest absolute Gasteiger partial charge is 0.0882 e. The number of hydrogen-bond acceptors (Lipinski definition) is 0. The second-order valence-corrected chi connectivity index (χ2v) is 8.21. The number of hydrogen-bond donors (Lipinski definition) is 0. The van der Waals surface area contributed by atoms with Crippen molar-refractivity contribution in [3.63, 3.8) is 0 Å². The van der Waals surface area contributed by atoms with Crippen LogP contribution in [0.1, 0.15) is 99.8 Å². The molecule has 3 unspecified atom stereocenters. The van der Waals surface area contributed by atoms with Crippen LogP contribution in [0, 0.1) is 29.6 Å². The fourth-order valence-electron chi connectivity index (χ4n) is 3.28. The molecule has 0 heterocycles. The highest BCUT2D eigenvalue weighted by atomic mass is 14.3. The summed E-state index contributed by atoms with van der Waals surface area (Å²) in [5.74, 6) is 4.15. The van der Waals surface area contributed by atoms with Crippen molar-refractivity contribution in [3.05, 3.63) is 12.2 Å². The Morgan fingerprint density at radius 1 is 0.818 bits per heavy atom. The van der Waals surface area contributed by atoms with Gasteiger partial charge in [-0.15, -0.1) is 0 Å². The van der Waals surface area contributed by atoms with E-state index in [-0.39, 0.29) is 0 Å². The SMILES string of the molecule is CCCCC=CC(C(C)C)C(CCC(C)C)CCC(C)CC. The van der Waals surface area contributed by atoms with Crippen molar-refractivity contribution in [1.29, 1.82) is 0 Å². The van der Waals surface area contributed by atoms with Crippen molar-refractivity contribution in [2.24, 2.45) is 29.6 Å². The van der Waals surface area contributed by atoms with E-state index in [0.717, 1.165) is 29.6 Å². The van der Waals surface area contributed by atoms with Gasteiger partial charge in [-0.25, -0.2) is 0 Å². The van der Waals surface area contributed by atoms with E-state index >= 15 is 0 Å². The maximum Gasteiger partial charge on any atom is -0.0182 e. The zero-order chi connectivity index (χ0) is 17.0. The molecule has 0 aromatic rings. The third kappa shape index (κ3) is 10.5. The maximum atomic E-state index is 2.57. The molecule has 3 atom stereocenters. The van der Waals surface area contributed by atoms with Crippen LogP contribution in [0.2, 0.25) is 0 Å². The molecule has 0 saturated carbocycles. The summed E-state index contributed by atoms with van der Waals surface area (Å²) >= 11 is 0. The topological polar surface area (TPSA) is 0 Å². The lowest BCUT2D eigenvalue weighted by atomic mass is 9.76. The van der Waals surface area contributed by atoms with Gasteiger partial charge in [-0.05, 0) is 48.9 Å². The van der Waals surface area contributed by atoms with Crippen molar-refractivity contribution >= 4 is 0 Å². The molecule has 22 heavy (non-hydrogen) atoms. The maximum absolute atomic E-state index is 2.57. The molecule has 0 spiro atoms. The van der Waals surface area contributed by atoms with Crippen molar-refractivity contribution in [3.8, 4) is 0 Å². The molecule has 0 amide bonds. The van der Waals surface area contributed by atoms with Gasteiger partial charge < -0.3 is 0 Å². The van der Waals surface area contributed by atoms with Gasteiger partial charge in [0.2, 0.25) is 0 Å². The minimum Gasteiger partial charge on any atom is -0.0882 e. The van der Waals surface area contributed by atoms with E-state index in [4.69, 9.17) is 0 Å². The van der Waals surface area contributed by atoms with E-state index in [2.05, 4.69) is 60.6 Å². The van der Waals surface area contributed by atoms with Crippen LogP contribution in [0.4, 0.5) is 0 Å². The summed E-state index contributed by atoms with van der Waals surface area (Å²) in [6.07, 6.45) is 15.9. The van der Waals surface area contributed by atoms with Gasteiger partial charge in [0.25, 0.3) is 0 Å². The zero-order valence-electron chi connectivity index (χ0n) is 16.7. The fourth-order valence-corrected chi connectivity index (χ4v) is 3.28. The van der Waals surface area contributed by atoms with Gasteiger partial charge in [0, 0.05) is 0 Å². The van der Waals surface area contributed by atoms with Gasteiger partial charge in [0.15, 0.2) is 0 Å². The van der Waals surface area contributed by atoms with Crippen LogP contribution in [-0.4, -0.2) is 0 Å². The lowest BCUT2D eigenvalue weighted by molar-refractivity contribution is 0.247. The Bertz CT molecular complexity index is 261. The van der Waals surface area contributed by atoms with E-state index < -0.39 is 0 Å². The lowest BCUT2D eigenvalue weighted by Crippen LogP contribution is -2.20. The molecule has 0 nitrogen and oxygen atoms in total. The quantitative estimate of drug-likeness (QED) is 0.240. The number of unbranched alkanes of at least 4 members (excludes halogenated alkanes) is 2. The molecule has 0 aliphatic carbocycles. The standard InChI is InChI=1S/C22H44/c1-8-10-11-12-13-22(19(5)6)21(16-14-18(3)4)17-15-20(7)9-2/h12-13,18-22H,8-11,14-17H2,1-7H3. The molecule has 0 aliphatic heterocycles. The molecule has 0 rings (SSSR count). The summed E-state index contributed by atoms with van der Waals surface area (Å²) in [4.78, 5) is 0. The van der Waals surface area contributed by atoms with E-state index in [0.29, 0.717) is 0 Å². The summed E-state index contributed by atoms with van der Waals surface area (Å²) in [7, 11) is 0. The molecule has 0 N–H and O–H groups in total. The normalized spacial score (nSPS) is 16.6. The van der Waals surface area contributed by atoms with Crippen molar-refractivity contribution in [2.45, 2.75) is 99.8 Å². The van der Waals surface area contributed by atoms with Gasteiger partial charge >= 0.3 is 0 Å². The molecule has 0 aliphatic rings. The predicted molar refractivity (Wildman–Crippen MR) is 103 cm³/mol. The Hall–Kier alpha value is -0.260. The highest BCUT2D eigenvalue weighted by Gasteiger charge is 2.22. The minimum absolute atomic E-state index is 0.770. The molecule has 0 bridgehead atoms. The van der Waals surface area contributed by atoms with Gasteiger partial charge in [-0.2, -0.15) is 0 Å². The van der Waals surface area contributed by atoms with E-state index in [9.17, 15) is 0 Å². The van der Waals surface area contributed by atoms with Crippen LogP contribution >= 0.6 is 0 Å². The highest BCUT2D eigenvalue weighted by molar-refractivity contribution is 4.93. The van der Waals surface area contributed by atoms with Gasteiger partial charge in [0.05, 0.1) is 0 Å². The first-order valence-electron chi connectivity index (χ1n) is 10.1. The lowest BCUT2D eigenvalue weighted by Gasteiger charge is -2.29. The average molecular weight is 309 g/mol. The van der Waals surface area contributed by atoms with E-state index in [1.807, 2.05) is 0 Å². The Morgan fingerprint density at radius 3 is 1.95 bits per heavy atom. The summed E-state index contributed by atoms with van der Waals surface area (Å²) in [5, 5.41) is 0. The van der Waals surface area contributed by atoms with Crippen LogP contribution in [0.15, 0.2) is 12.2 Å². The van der Waals surface area contributed by atoms with Crippen LogP contribution in [-0.2, 0) is 0 Å². The van der Waals surface area contributed by atoms with E-state index in [1.54, 1.807) is 0 Å². The molecule has 0 fully saturated rings. The predicted octanol–water partition coefficient (Wildman–Crippen LogP) is 7.88. The van der Waals surface area contributed by atoms with Crippen molar-refractivity contribution in [1.82, 2.24) is 0 Å². The van der Waals surface area contributed by atoms with Crippen molar-refractivity contribution < 1.29 is 0 Å². The first kappa shape index (κ1) is 21.7. The van der Waals surface area contributed by atoms with Crippen LogP contribution in [0.25, 0.3) is 0 Å². The Balaban J connectivity index is 4.73. The third-order valence-corrected chi connectivity index (χ3v) is 5.24. The summed E-state index contributed by atoms with van der Waals surface area (Å²) in [5.41, 5.74) is 0. The first-order valence-corrected chi connectivity index (χ1v) is 10.1. The van der Waals surface area contributed by atoms with Gasteiger partial charge in [-0.1, -0.05) is 92.7 Å². The molecule has 132 valence electrons. The average Bonchev–Trinajstić information content (AvgIpc) is 2.47. The molecular weight excluding hydrogens is 264 g/mol. The number of allylic oxidation sites excluding steroid dienone is 2. The van der Waals surface area contributed by atoms with E-state index in [1.165, 1.54) is 51.4 Å². The summed E-state index contributed by atoms with van der Waals surface area (Å²) in [6, 6.07) is 0. The monoisotopic (exact) mass is 308 g/mol. The Kier molecular flexibility index (Phi) is 13.0. The fraction of sp³-hybridized carbons (Fsp3) is 0.909. The first-order chi connectivity index (χ1) is 10.4. The van der Waals surface area contributed by atoms with Gasteiger partial charge in [-0.3, -0.25) is 0 Å². The molecular formula is C22H44. The molecule has 0 heteroatoms. The minimum atomic E-state index is 0.770. The second-order valence-electron chi connectivity index (χ2n) is 8.21. The molecule has 0 radical (unpaired) electrons.